The van der Waals surface area contributed by atoms with Gasteiger partial charge in [0.2, 0.25) is 0 Å². The Morgan fingerprint density at radius 2 is 1.81 bits per heavy atom. The molecule has 2 aliphatic rings. The van der Waals surface area contributed by atoms with Gasteiger partial charge in [0.1, 0.15) is 11.4 Å². The van der Waals surface area contributed by atoms with E-state index in [4.69, 9.17) is 14.9 Å². The van der Waals surface area contributed by atoms with Crippen LogP contribution in [0.3, 0.4) is 0 Å². The molecule has 0 amide bonds. The van der Waals surface area contributed by atoms with E-state index in [1.165, 1.54) is 18.6 Å². The van der Waals surface area contributed by atoms with Crippen LogP contribution in [-0.4, -0.2) is 28.8 Å². The predicted octanol–water partition coefficient (Wildman–Crippen LogP) is 6.17. The summed E-state index contributed by atoms with van der Waals surface area (Å²) in [5.74, 6) is 1.54. The van der Waals surface area contributed by atoms with Crippen LogP contribution in [0.4, 0.5) is 0 Å². The summed E-state index contributed by atoms with van der Waals surface area (Å²) in [7, 11) is 1.67. The molecule has 2 bridgehead atoms. The largest absolute Gasteiger partial charge is 0.497 e. The first-order valence-electron chi connectivity index (χ1n) is 11.3. The first-order valence-corrected chi connectivity index (χ1v) is 11.3. The monoisotopic (exact) mass is 426 g/mol. The van der Waals surface area contributed by atoms with Gasteiger partial charge in [0.05, 0.1) is 19.0 Å². The van der Waals surface area contributed by atoms with Crippen LogP contribution in [0.2, 0.25) is 0 Å². The zero-order valence-corrected chi connectivity index (χ0v) is 19.2. The molecule has 2 aliphatic carbocycles. The highest BCUT2D eigenvalue weighted by molar-refractivity contribution is 5.95. The zero-order chi connectivity index (χ0) is 22.3. The van der Waals surface area contributed by atoms with Crippen LogP contribution in [0.5, 0.6) is 5.75 Å². The Labute approximate surface area is 189 Å². The standard InChI is InChI=1S/C27H30N4O/c1-26(2)21-14-15-27(26,3)24(16-21)29-28-17-20-18-31(22-8-6-5-7-9-22)30-25(20)19-10-12-23(32-4)13-11-19/h5-13,17-18,21H,14-16H2,1-4H3/b28-17-,29-24-/t21-,27+/m0/s1. The second-order valence-electron chi connectivity index (χ2n) is 9.73. The van der Waals surface area contributed by atoms with Crippen LogP contribution < -0.4 is 4.74 Å². The molecule has 1 heterocycles. The van der Waals surface area contributed by atoms with Gasteiger partial charge in [-0.05, 0) is 67.0 Å². The van der Waals surface area contributed by atoms with Crippen LogP contribution in [0.15, 0.2) is 71.0 Å². The summed E-state index contributed by atoms with van der Waals surface area (Å²) in [6, 6.07) is 18.1. The molecule has 5 heteroatoms. The fourth-order valence-electron chi connectivity index (χ4n) is 5.41. The average molecular weight is 427 g/mol. The molecular weight excluding hydrogens is 396 g/mol. The minimum absolute atomic E-state index is 0.155. The molecule has 2 atom stereocenters. The number of nitrogens with zero attached hydrogens (tertiary/aromatic N) is 4. The summed E-state index contributed by atoms with van der Waals surface area (Å²) < 4.78 is 7.21. The molecule has 2 fully saturated rings. The molecule has 3 aromatic rings. The molecule has 5 rings (SSSR count). The van der Waals surface area contributed by atoms with Crippen molar-refractivity contribution in [2.45, 2.75) is 40.0 Å². The molecule has 0 spiro atoms. The van der Waals surface area contributed by atoms with Crippen LogP contribution in [0.25, 0.3) is 16.9 Å². The molecule has 0 unspecified atom stereocenters. The van der Waals surface area contributed by atoms with E-state index < -0.39 is 0 Å². The Balaban J connectivity index is 1.50. The van der Waals surface area contributed by atoms with Crippen molar-refractivity contribution in [2.75, 3.05) is 7.11 Å². The Morgan fingerprint density at radius 1 is 1.06 bits per heavy atom. The van der Waals surface area contributed by atoms with Gasteiger partial charge in [-0.25, -0.2) is 4.68 Å². The summed E-state index contributed by atoms with van der Waals surface area (Å²) in [5, 5.41) is 14.2. The zero-order valence-electron chi connectivity index (χ0n) is 19.2. The fraction of sp³-hybridized carbons (Fsp3) is 0.370. The molecule has 5 nitrogen and oxygen atoms in total. The first-order chi connectivity index (χ1) is 15.4. The van der Waals surface area contributed by atoms with Crippen molar-refractivity contribution in [3.8, 4) is 22.7 Å². The SMILES string of the molecule is COc1ccc(-c2nn(-c3ccccc3)cc2/C=N\N=C2\C[C@@H]3CC[C@@]2(C)C3(C)C)cc1. The maximum Gasteiger partial charge on any atom is 0.118 e. The third-order valence-electron chi connectivity index (χ3n) is 8.01. The van der Waals surface area contributed by atoms with E-state index in [-0.39, 0.29) is 5.41 Å². The number of benzene rings is 2. The summed E-state index contributed by atoms with van der Waals surface area (Å²) >= 11 is 0. The highest BCUT2D eigenvalue weighted by Gasteiger charge is 2.59. The lowest BCUT2D eigenvalue weighted by Gasteiger charge is -2.34. The van der Waals surface area contributed by atoms with Crippen molar-refractivity contribution < 1.29 is 4.74 Å². The second-order valence-corrected chi connectivity index (χ2v) is 9.73. The van der Waals surface area contributed by atoms with Crippen molar-refractivity contribution in [3.05, 3.63) is 66.4 Å². The number of aromatic nitrogens is 2. The lowest BCUT2D eigenvalue weighted by molar-refractivity contribution is 0.194. The predicted molar refractivity (Wildman–Crippen MR) is 130 cm³/mol. The Morgan fingerprint density at radius 3 is 2.44 bits per heavy atom. The van der Waals surface area contributed by atoms with Gasteiger partial charge in [-0.15, -0.1) is 0 Å². The highest BCUT2D eigenvalue weighted by atomic mass is 16.5. The molecule has 32 heavy (non-hydrogen) atoms. The van der Waals surface area contributed by atoms with Crippen molar-refractivity contribution in [1.29, 1.82) is 0 Å². The van der Waals surface area contributed by atoms with E-state index in [2.05, 4.69) is 25.9 Å². The van der Waals surface area contributed by atoms with Crippen molar-refractivity contribution in [1.82, 2.24) is 9.78 Å². The number of hydrogen-bond donors (Lipinski definition) is 0. The van der Waals surface area contributed by atoms with Crippen molar-refractivity contribution >= 4 is 11.9 Å². The number of methoxy groups -OCH3 is 1. The Bertz CT molecular complexity index is 1170. The van der Waals surface area contributed by atoms with E-state index >= 15 is 0 Å². The van der Waals surface area contributed by atoms with E-state index in [9.17, 15) is 0 Å². The van der Waals surface area contributed by atoms with Gasteiger partial charge in [0.25, 0.3) is 0 Å². The van der Waals surface area contributed by atoms with Gasteiger partial charge in [0, 0.05) is 28.5 Å². The normalized spacial score (nSPS) is 25.1. The Kier molecular flexibility index (Phi) is 5.00. The smallest absolute Gasteiger partial charge is 0.118 e. The van der Waals surface area contributed by atoms with Gasteiger partial charge in [-0.1, -0.05) is 39.0 Å². The summed E-state index contributed by atoms with van der Waals surface area (Å²) in [6.07, 6.45) is 7.45. The van der Waals surface area contributed by atoms with Crippen LogP contribution in [0.1, 0.15) is 45.6 Å². The maximum atomic E-state index is 5.31. The number of para-hydroxylation sites is 1. The fourth-order valence-corrected chi connectivity index (χ4v) is 5.41. The first kappa shape index (κ1) is 20.7. The molecular formula is C27H30N4O. The number of fused-ring (bicyclic) bond motifs is 2. The topological polar surface area (TPSA) is 51.8 Å². The van der Waals surface area contributed by atoms with E-state index in [0.29, 0.717) is 5.41 Å². The molecule has 1 aromatic heterocycles. The molecule has 2 saturated carbocycles. The molecule has 0 N–H and O–H groups in total. The maximum absolute atomic E-state index is 5.31. The van der Waals surface area contributed by atoms with Crippen LogP contribution >= 0.6 is 0 Å². The Hall–Kier alpha value is -3.21. The number of rotatable bonds is 5. The molecule has 0 saturated heterocycles. The minimum Gasteiger partial charge on any atom is -0.497 e. The third kappa shape index (κ3) is 3.27. The third-order valence-corrected chi connectivity index (χ3v) is 8.01. The van der Waals surface area contributed by atoms with Gasteiger partial charge in [-0.3, -0.25) is 0 Å². The van der Waals surface area contributed by atoms with E-state index in [0.717, 1.165) is 40.6 Å². The van der Waals surface area contributed by atoms with Gasteiger partial charge in [-0.2, -0.15) is 15.3 Å². The van der Waals surface area contributed by atoms with Crippen molar-refractivity contribution in [2.24, 2.45) is 27.0 Å². The van der Waals surface area contributed by atoms with E-state index in [1.54, 1.807) is 7.11 Å². The lowest BCUT2D eigenvalue weighted by Crippen LogP contribution is -2.32. The number of hydrogen-bond acceptors (Lipinski definition) is 4. The quantitative estimate of drug-likeness (QED) is 0.362. The summed E-state index contributed by atoms with van der Waals surface area (Å²) in [4.78, 5) is 0. The minimum atomic E-state index is 0.155. The van der Waals surface area contributed by atoms with Crippen molar-refractivity contribution in [3.63, 3.8) is 0 Å². The second kappa shape index (κ2) is 7.73. The van der Waals surface area contributed by atoms with E-state index in [1.807, 2.05) is 71.7 Å². The molecule has 0 radical (unpaired) electrons. The molecule has 2 aromatic carbocycles. The summed E-state index contributed by atoms with van der Waals surface area (Å²) in [5.41, 5.74) is 5.54. The molecule has 164 valence electrons. The number of ether oxygens (including phenoxy) is 1. The summed E-state index contributed by atoms with van der Waals surface area (Å²) in [6.45, 7) is 7.15. The average Bonchev–Trinajstić information content (AvgIpc) is 3.39. The van der Waals surface area contributed by atoms with Gasteiger partial charge < -0.3 is 4.74 Å². The van der Waals surface area contributed by atoms with Gasteiger partial charge >= 0.3 is 0 Å². The molecule has 0 aliphatic heterocycles. The van der Waals surface area contributed by atoms with Crippen LogP contribution in [0, 0.1) is 16.7 Å². The lowest BCUT2D eigenvalue weighted by atomic mass is 9.70. The highest BCUT2D eigenvalue weighted by Crippen LogP contribution is 2.64. The van der Waals surface area contributed by atoms with Crippen LogP contribution in [-0.2, 0) is 0 Å². The van der Waals surface area contributed by atoms with Gasteiger partial charge in [0.15, 0.2) is 0 Å².